The molecule has 33 heavy (non-hydrogen) atoms. The summed E-state index contributed by atoms with van der Waals surface area (Å²) in [6.45, 7) is 3.26. The van der Waals surface area contributed by atoms with Gasteiger partial charge in [-0.2, -0.15) is 4.98 Å². The van der Waals surface area contributed by atoms with E-state index in [0.29, 0.717) is 43.5 Å². The van der Waals surface area contributed by atoms with Crippen LogP contribution in [0.15, 0.2) is 83.3 Å². The van der Waals surface area contributed by atoms with Gasteiger partial charge < -0.3 is 23.9 Å². The summed E-state index contributed by atoms with van der Waals surface area (Å²) >= 11 is 0. The van der Waals surface area contributed by atoms with Gasteiger partial charge in [0.05, 0.1) is 6.54 Å². The topological polar surface area (TPSA) is 85.0 Å². The van der Waals surface area contributed by atoms with Crippen molar-refractivity contribution < 1.29 is 23.8 Å². The third-order valence-electron chi connectivity index (χ3n) is 5.12. The number of anilines is 1. The number of carbonyl (C=O) groups is 1. The van der Waals surface area contributed by atoms with Crippen LogP contribution in [0, 0.1) is 0 Å². The van der Waals surface area contributed by atoms with E-state index in [-0.39, 0.29) is 0 Å². The van der Waals surface area contributed by atoms with Crippen molar-refractivity contribution >= 4 is 23.1 Å². The van der Waals surface area contributed by atoms with Gasteiger partial charge in [0.1, 0.15) is 23.6 Å². The maximum absolute atomic E-state index is 11.3. The summed E-state index contributed by atoms with van der Waals surface area (Å²) < 4.78 is 17.5. The van der Waals surface area contributed by atoms with Crippen molar-refractivity contribution in [3.63, 3.8) is 0 Å². The van der Waals surface area contributed by atoms with Crippen molar-refractivity contribution in [1.29, 1.82) is 0 Å². The Balaban J connectivity index is 1.52. The Morgan fingerprint density at radius 2 is 1.79 bits per heavy atom. The molecule has 3 aromatic carbocycles. The first-order valence-electron chi connectivity index (χ1n) is 10.9. The highest BCUT2D eigenvalue weighted by molar-refractivity contribution is 5.74. The van der Waals surface area contributed by atoms with Crippen LogP contribution in [-0.4, -0.2) is 35.3 Å². The molecule has 4 aromatic rings. The predicted octanol–water partition coefficient (Wildman–Crippen LogP) is 5.16. The van der Waals surface area contributed by atoms with Gasteiger partial charge in [-0.05, 0) is 48.4 Å². The fraction of sp³-hybridized carbons (Fsp3) is 0.231. The number of carboxylic acid groups (broad SMARTS) is 1. The maximum Gasteiger partial charge on any atom is 0.344 e. The molecule has 1 heterocycles. The average Bonchev–Trinajstić information content (AvgIpc) is 3.27. The highest BCUT2D eigenvalue weighted by Gasteiger charge is 2.18. The SMILES string of the molecule is CCC(Oc1cccc(CN(CCOc2ccccc2)c2nc3ccccc3o2)c1)C(=O)O. The summed E-state index contributed by atoms with van der Waals surface area (Å²) in [6, 6.07) is 25.2. The van der Waals surface area contributed by atoms with Crippen LogP contribution in [0.4, 0.5) is 6.01 Å². The van der Waals surface area contributed by atoms with Crippen molar-refractivity contribution in [2.24, 2.45) is 0 Å². The van der Waals surface area contributed by atoms with Crippen LogP contribution in [0.5, 0.6) is 11.5 Å². The summed E-state index contributed by atoms with van der Waals surface area (Å²) in [6.07, 6.45) is -0.501. The van der Waals surface area contributed by atoms with Crippen LogP contribution in [0.25, 0.3) is 11.1 Å². The zero-order valence-electron chi connectivity index (χ0n) is 18.4. The van der Waals surface area contributed by atoms with Gasteiger partial charge in [-0.1, -0.05) is 49.4 Å². The Kier molecular flexibility index (Phi) is 7.09. The zero-order valence-corrected chi connectivity index (χ0v) is 18.4. The van der Waals surface area contributed by atoms with E-state index in [9.17, 15) is 9.90 Å². The number of fused-ring (bicyclic) bond motifs is 1. The Bertz CT molecular complexity index is 1160. The standard InChI is InChI=1S/C26H26N2O5/c1-2-23(25(29)30)32-21-12-8-9-19(17-21)18-28(15-16-31-20-10-4-3-5-11-20)26-27-22-13-6-7-14-24(22)33-26/h3-14,17,23H,2,15-16,18H2,1H3,(H,29,30). The second kappa shape index (κ2) is 10.5. The minimum atomic E-state index is -0.978. The van der Waals surface area contributed by atoms with Crippen LogP contribution in [0.1, 0.15) is 18.9 Å². The van der Waals surface area contributed by atoms with Crippen LogP contribution in [-0.2, 0) is 11.3 Å². The molecule has 0 aliphatic heterocycles. The molecule has 4 rings (SSSR count). The predicted molar refractivity (Wildman–Crippen MR) is 126 cm³/mol. The van der Waals surface area contributed by atoms with Crippen molar-refractivity contribution in [2.75, 3.05) is 18.1 Å². The number of hydrogen-bond donors (Lipinski definition) is 1. The lowest BCUT2D eigenvalue weighted by atomic mass is 10.2. The van der Waals surface area contributed by atoms with Gasteiger partial charge >= 0.3 is 5.97 Å². The van der Waals surface area contributed by atoms with Crippen LogP contribution < -0.4 is 14.4 Å². The number of rotatable bonds is 11. The Morgan fingerprint density at radius 1 is 1.03 bits per heavy atom. The minimum absolute atomic E-state index is 0.380. The second-order valence-electron chi connectivity index (χ2n) is 7.55. The van der Waals surface area contributed by atoms with E-state index < -0.39 is 12.1 Å². The van der Waals surface area contributed by atoms with E-state index in [2.05, 4.69) is 4.98 Å². The summed E-state index contributed by atoms with van der Waals surface area (Å²) in [5.74, 6) is 0.332. The van der Waals surface area contributed by atoms with Crippen molar-refractivity contribution in [3.8, 4) is 11.5 Å². The number of aromatic nitrogens is 1. The largest absolute Gasteiger partial charge is 0.492 e. The quantitative estimate of drug-likeness (QED) is 0.341. The minimum Gasteiger partial charge on any atom is -0.492 e. The van der Waals surface area contributed by atoms with Gasteiger partial charge in [0.25, 0.3) is 6.01 Å². The molecule has 0 radical (unpaired) electrons. The number of para-hydroxylation sites is 3. The number of carboxylic acids is 1. The van der Waals surface area contributed by atoms with E-state index >= 15 is 0 Å². The molecule has 1 atom stereocenters. The van der Waals surface area contributed by atoms with E-state index in [4.69, 9.17) is 13.9 Å². The molecule has 0 amide bonds. The molecule has 7 heteroatoms. The normalized spacial score (nSPS) is 11.8. The lowest BCUT2D eigenvalue weighted by Crippen LogP contribution is -2.28. The monoisotopic (exact) mass is 446 g/mol. The van der Waals surface area contributed by atoms with E-state index in [1.807, 2.05) is 77.7 Å². The summed E-state index contributed by atoms with van der Waals surface area (Å²) in [4.78, 5) is 18.0. The third kappa shape index (κ3) is 5.83. The highest BCUT2D eigenvalue weighted by Crippen LogP contribution is 2.24. The molecule has 170 valence electrons. The first-order valence-corrected chi connectivity index (χ1v) is 10.9. The molecule has 0 aliphatic carbocycles. The first kappa shape index (κ1) is 22.2. The third-order valence-corrected chi connectivity index (χ3v) is 5.12. The number of oxazole rings is 1. The molecular formula is C26H26N2O5. The highest BCUT2D eigenvalue weighted by atomic mass is 16.5. The number of ether oxygens (including phenoxy) is 2. The first-order chi connectivity index (χ1) is 16.1. The number of benzene rings is 3. The second-order valence-corrected chi connectivity index (χ2v) is 7.55. The van der Waals surface area contributed by atoms with Crippen LogP contribution in [0.2, 0.25) is 0 Å². The van der Waals surface area contributed by atoms with Crippen molar-refractivity contribution in [2.45, 2.75) is 26.0 Å². The Hall–Kier alpha value is -4.00. The fourth-order valence-electron chi connectivity index (χ4n) is 3.44. The van der Waals surface area contributed by atoms with Crippen LogP contribution >= 0.6 is 0 Å². The molecule has 1 unspecified atom stereocenters. The summed E-state index contributed by atoms with van der Waals surface area (Å²) in [5.41, 5.74) is 2.44. The fourth-order valence-corrected chi connectivity index (χ4v) is 3.44. The molecule has 1 aromatic heterocycles. The summed E-state index contributed by atoms with van der Waals surface area (Å²) in [5, 5.41) is 9.29. The molecular weight excluding hydrogens is 420 g/mol. The Labute approximate surface area is 192 Å². The molecule has 0 spiro atoms. The van der Waals surface area contributed by atoms with Gasteiger partial charge in [0.15, 0.2) is 11.7 Å². The van der Waals surface area contributed by atoms with Crippen LogP contribution in [0.3, 0.4) is 0 Å². The van der Waals surface area contributed by atoms with Gasteiger partial charge in [-0.3, -0.25) is 0 Å². The maximum atomic E-state index is 11.3. The Morgan fingerprint density at radius 3 is 2.55 bits per heavy atom. The zero-order chi connectivity index (χ0) is 23.0. The van der Waals surface area contributed by atoms with E-state index in [1.54, 1.807) is 13.0 Å². The van der Waals surface area contributed by atoms with Gasteiger partial charge in [0.2, 0.25) is 0 Å². The molecule has 0 bridgehead atoms. The van der Waals surface area contributed by atoms with E-state index in [0.717, 1.165) is 16.8 Å². The molecule has 0 saturated carbocycles. The lowest BCUT2D eigenvalue weighted by Gasteiger charge is -2.21. The molecule has 0 saturated heterocycles. The molecule has 0 aliphatic rings. The smallest absolute Gasteiger partial charge is 0.344 e. The lowest BCUT2D eigenvalue weighted by molar-refractivity contribution is -0.145. The molecule has 1 N–H and O–H groups in total. The number of nitrogens with zero attached hydrogens (tertiary/aromatic N) is 2. The van der Waals surface area contributed by atoms with Gasteiger partial charge in [0, 0.05) is 6.54 Å². The van der Waals surface area contributed by atoms with E-state index in [1.165, 1.54) is 0 Å². The average molecular weight is 447 g/mol. The molecule has 7 nitrogen and oxygen atoms in total. The van der Waals surface area contributed by atoms with Gasteiger partial charge in [-0.15, -0.1) is 0 Å². The van der Waals surface area contributed by atoms with Crippen molar-refractivity contribution in [3.05, 3.63) is 84.4 Å². The number of aliphatic carboxylic acids is 1. The van der Waals surface area contributed by atoms with Gasteiger partial charge in [-0.25, -0.2) is 4.79 Å². The molecule has 0 fully saturated rings. The van der Waals surface area contributed by atoms with Crippen molar-refractivity contribution in [1.82, 2.24) is 4.98 Å². The summed E-state index contributed by atoms with van der Waals surface area (Å²) in [7, 11) is 0. The number of hydrogen-bond acceptors (Lipinski definition) is 6.